The van der Waals surface area contributed by atoms with Crippen LogP contribution < -0.4 is 5.32 Å². The molecule has 0 aliphatic carbocycles. The third kappa shape index (κ3) is 2.59. The summed E-state index contributed by atoms with van der Waals surface area (Å²) in [5.74, 6) is 0. The van der Waals surface area contributed by atoms with Crippen LogP contribution in [-0.2, 0) is 12.0 Å². The van der Waals surface area contributed by atoms with Crippen LogP contribution in [-0.4, -0.2) is 21.2 Å². The molecule has 0 spiro atoms. The fourth-order valence-corrected chi connectivity index (χ4v) is 2.58. The number of hydrogen-bond acceptors (Lipinski definition) is 4. The van der Waals surface area contributed by atoms with E-state index < -0.39 is 6.09 Å². The molecule has 2 aromatic heterocycles. The predicted molar refractivity (Wildman–Crippen MR) is 71.0 cm³/mol. The first-order valence-corrected chi connectivity index (χ1v) is 6.41. The summed E-state index contributed by atoms with van der Waals surface area (Å²) < 4.78 is 1.04. The maximum Gasteiger partial charge on any atom is 0.405 e. The van der Waals surface area contributed by atoms with Crippen molar-refractivity contribution >= 4 is 27.6 Å². The summed E-state index contributed by atoms with van der Waals surface area (Å²) in [6.45, 7) is 6.49. The minimum Gasteiger partial charge on any atom is -0.465 e. The normalized spacial score (nSPS) is 11.7. The molecule has 0 unspecified atom stereocenters. The molecule has 0 fully saturated rings. The van der Waals surface area contributed by atoms with Gasteiger partial charge in [0.1, 0.15) is 10.5 Å². The monoisotopic (exact) mass is 265 g/mol. The second kappa shape index (κ2) is 4.53. The van der Waals surface area contributed by atoms with Gasteiger partial charge in [-0.2, -0.15) is 0 Å². The summed E-state index contributed by atoms with van der Waals surface area (Å²) in [6.07, 6.45) is 0.735. The summed E-state index contributed by atoms with van der Waals surface area (Å²) in [6, 6.07) is 1.91. The maximum absolute atomic E-state index is 10.5. The van der Waals surface area contributed by atoms with Crippen LogP contribution in [0.1, 0.15) is 31.5 Å². The van der Waals surface area contributed by atoms with Gasteiger partial charge in [-0.15, -0.1) is 11.3 Å². The van der Waals surface area contributed by atoms with E-state index in [1.165, 1.54) is 11.3 Å². The lowest BCUT2D eigenvalue weighted by Gasteiger charge is -2.17. The van der Waals surface area contributed by atoms with Crippen molar-refractivity contribution < 1.29 is 9.90 Å². The van der Waals surface area contributed by atoms with E-state index >= 15 is 0 Å². The van der Waals surface area contributed by atoms with E-state index in [1.54, 1.807) is 6.20 Å². The first-order valence-electron chi connectivity index (χ1n) is 5.59. The molecule has 0 radical (unpaired) electrons. The Morgan fingerprint density at radius 1 is 1.50 bits per heavy atom. The van der Waals surface area contributed by atoms with Crippen molar-refractivity contribution in [3.05, 3.63) is 23.0 Å². The number of amides is 1. The number of aromatic nitrogens is 2. The first kappa shape index (κ1) is 12.8. The van der Waals surface area contributed by atoms with Crippen LogP contribution in [0.25, 0.3) is 10.2 Å². The van der Waals surface area contributed by atoms with Gasteiger partial charge in [0.2, 0.25) is 0 Å². The highest BCUT2D eigenvalue weighted by Gasteiger charge is 2.20. The van der Waals surface area contributed by atoms with Gasteiger partial charge in [0.15, 0.2) is 0 Å². The van der Waals surface area contributed by atoms with Gasteiger partial charge in [-0.3, -0.25) is 4.98 Å². The Labute approximate surface area is 109 Å². The Hall–Kier alpha value is -1.69. The molecule has 1 amide bonds. The summed E-state index contributed by atoms with van der Waals surface area (Å²) in [5.41, 5.74) is 1.74. The standard InChI is InChI=1S/C12H15N3O2S/c1-12(2,3)10-9-7(4-5-13-10)18-8(15-9)6-14-11(16)17/h4-5,14H,6H2,1-3H3,(H,16,17). The van der Waals surface area contributed by atoms with E-state index in [1.807, 2.05) is 6.07 Å². The van der Waals surface area contributed by atoms with Crippen LogP contribution in [0.3, 0.4) is 0 Å². The number of thiazole rings is 1. The highest BCUT2D eigenvalue weighted by atomic mass is 32.1. The molecule has 0 aliphatic rings. The topological polar surface area (TPSA) is 75.1 Å². The van der Waals surface area contributed by atoms with Gasteiger partial charge in [0.25, 0.3) is 0 Å². The number of rotatable bonds is 2. The number of carboxylic acid groups (broad SMARTS) is 1. The molecule has 2 N–H and O–H groups in total. The lowest BCUT2D eigenvalue weighted by Crippen LogP contribution is -2.19. The zero-order valence-corrected chi connectivity index (χ0v) is 11.3. The second-order valence-corrected chi connectivity index (χ2v) is 6.14. The highest BCUT2D eigenvalue weighted by molar-refractivity contribution is 7.18. The van der Waals surface area contributed by atoms with Crippen molar-refractivity contribution in [2.45, 2.75) is 32.7 Å². The molecular formula is C12H15N3O2S. The van der Waals surface area contributed by atoms with Crippen molar-refractivity contribution in [1.29, 1.82) is 0 Å². The molecule has 0 atom stereocenters. The first-order chi connectivity index (χ1) is 8.38. The van der Waals surface area contributed by atoms with Crippen LogP contribution in [0, 0.1) is 0 Å². The molecule has 0 aromatic carbocycles. The van der Waals surface area contributed by atoms with Gasteiger partial charge in [0.05, 0.1) is 16.9 Å². The Bertz CT molecular complexity index is 587. The number of carbonyl (C=O) groups is 1. The minimum atomic E-state index is -1.04. The Kier molecular flexibility index (Phi) is 3.21. The molecule has 18 heavy (non-hydrogen) atoms. The number of nitrogens with zero attached hydrogens (tertiary/aromatic N) is 2. The molecule has 0 saturated carbocycles. The molecular weight excluding hydrogens is 250 g/mol. The molecule has 2 heterocycles. The number of pyridine rings is 1. The average molecular weight is 265 g/mol. The third-order valence-corrected chi connectivity index (χ3v) is 3.47. The van der Waals surface area contributed by atoms with Gasteiger partial charge in [-0.25, -0.2) is 9.78 Å². The van der Waals surface area contributed by atoms with E-state index in [9.17, 15) is 4.79 Å². The van der Waals surface area contributed by atoms with Gasteiger partial charge < -0.3 is 10.4 Å². The highest BCUT2D eigenvalue weighted by Crippen LogP contribution is 2.30. The Morgan fingerprint density at radius 3 is 2.83 bits per heavy atom. The number of fused-ring (bicyclic) bond motifs is 1. The lowest BCUT2D eigenvalue weighted by atomic mass is 9.91. The summed E-state index contributed by atoms with van der Waals surface area (Å²) in [7, 11) is 0. The van der Waals surface area contributed by atoms with E-state index in [0.29, 0.717) is 0 Å². The summed E-state index contributed by atoms with van der Waals surface area (Å²) in [5, 5.41) is 11.7. The van der Waals surface area contributed by atoms with E-state index in [2.05, 4.69) is 36.1 Å². The van der Waals surface area contributed by atoms with Gasteiger partial charge in [0, 0.05) is 11.6 Å². The van der Waals surface area contributed by atoms with Crippen LogP contribution in [0.4, 0.5) is 4.79 Å². The summed E-state index contributed by atoms with van der Waals surface area (Å²) in [4.78, 5) is 19.3. The van der Waals surface area contributed by atoms with Gasteiger partial charge in [-0.05, 0) is 6.07 Å². The van der Waals surface area contributed by atoms with Crippen molar-refractivity contribution in [1.82, 2.24) is 15.3 Å². The SMILES string of the molecule is CC(C)(C)c1nccc2sc(CNC(=O)O)nc12. The molecule has 0 saturated heterocycles. The van der Waals surface area contributed by atoms with Crippen LogP contribution in [0.2, 0.25) is 0 Å². The smallest absolute Gasteiger partial charge is 0.405 e. The van der Waals surface area contributed by atoms with Crippen molar-refractivity contribution in [3.8, 4) is 0 Å². The van der Waals surface area contributed by atoms with Crippen LogP contribution >= 0.6 is 11.3 Å². The van der Waals surface area contributed by atoms with E-state index in [0.717, 1.165) is 20.9 Å². The quantitative estimate of drug-likeness (QED) is 0.875. The number of nitrogens with one attached hydrogen (secondary N) is 1. The molecule has 2 aromatic rings. The van der Waals surface area contributed by atoms with Gasteiger partial charge >= 0.3 is 6.09 Å². The zero-order chi connectivity index (χ0) is 13.3. The molecule has 2 rings (SSSR count). The average Bonchev–Trinajstić information content (AvgIpc) is 2.66. The molecule has 6 heteroatoms. The Morgan fingerprint density at radius 2 is 2.22 bits per heavy atom. The fourth-order valence-electron chi connectivity index (χ4n) is 1.68. The largest absolute Gasteiger partial charge is 0.465 e. The Balaban J connectivity index is 2.42. The second-order valence-electron chi connectivity index (χ2n) is 5.02. The predicted octanol–water partition coefficient (Wildman–Crippen LogP) is 2.76. The van der Waals surface area contributed by atoms with E-state index in [4.69, 9.17) is 5.11 Å². The van der Waals surface area contributed by atoms with Crippen LogP contribution in [0.5, 0.6) is 0 Å². The number of hydrogen-bond donors (Lipinski definition) is 2. The van der Waals surface area contributed by atoms with Crippen molar-refractivity contribution in [2.75, 3.05) is 0 Å². The maximum atomic E-state index is 10.5. The molecule has 0 bridgehead atoms. The lowest BCUT2D eigenvalue weighted by molar-refractivity contribution is 0.194. The summed E-state index contributed by atoms with van der Waals surface area (Å²) >= 11 is 1.49. The van der Waals surface area contributed by atoms with E-state index in [-0.39, 0.29) is 12.0 Å². The zero-order valence-electron chi connectivity index (χ0n) is 10.5. The molecule has 0 aliphatic heterocycles. The van der Waals surface area contributed by atoms with Gasteiger partial charge in [-0.1, -0.05) is 20.8 Å². The molecule has 96 valence electrons. The minimum absolute atomic E-state index is 0.0783. The fraction of sp³-hybridized carbons (Fsp3) is 0.417. The molecule has 5 nitrogen and oxygen atoms in total. The van der Waals surface area contributed by atoms with Crippen molar-refractivity contribution in [3.63, 3.8) is 0 Å². The van der Waals surface area contributed by atoms with Crippen LogP contribution in [0.15, 0.2) is 12.3 Å². The van der Waals surface area contributed by atoms with Crippen molar-refractivity contribution in [2.24, 2.45) is 0 Å². The third-order valence-electron chi connectivity index (χ3n) is 2.45.